The average molecular weight is 2040 g/mol. The zero-order valence-electron chi connectivity index (χ0n) is 74.1. The second-order valence-electron chi connectivity index (χ2n) is 34.4. The molecule has 0 aliphatic carbocycles. The summed E-state index contributed by atoms with van der Waals surface area (Å²) in [7, 11) is 1.91. The van der Waals surface area contributed by atoms with Gasteiger partial charge in [0, 0.05) is 172 Å². The number of carbonyl (C=O) groups is 4. The maximum atomic E-state index is 13.1. The number of aromatic nitrogens is 1. The van der Waals surface area contributed by atoms with E-state index in [1.165, 1.54) is 24.3 Å². The Kier molecular flexibility index (Phi) is 37.2. The molecule has 4 amide bonds. The Balaban J connectivity index is 0.000000152. The van der Waals surface area contributed by atoms with Crippen molar-refractivity contribution < 1.29 is 28.7 Å². The van der Waals surface area contributed by atoms with Crippen molar-refractivity contribution in [1.82, 2.24) is 25.8 Å². The monoisotopic (exact) mass is 2030 g/mol. The molecule has 1 aromatic heterocycles. The average Bonchev–Trinajstić information content (AvgIpc) is 0.830. The molecule has 12 aromatic rings. The first-order chi connectivity index (χ1) is 64.5. The van der Waals surface area contributed by atoms with E-state index in [1.807, 2.05) is 183 Å². The number of aryl methyl sites for hydroxylation is 3. The van der Waals surface area contributed by atoms with Crippen molar-refractivity contribution in [2.75, 3.05) is 72.0 Å². The highest BCUT2D eigenvalue weighted by Gasteiger charge is 2.36. The second-order valence-corrected chi connectivity index (χ2v) is 39.5. The smallest absolute Gasteiger partial charge is 0.252 e. The normalized spacial score (nSPS) is 18.1. The first kappa shape index (κ1) is 102. The molecule has 0 bridgehead atoms. The number of phenols is 1. The molecule has 4 fully saturated rings. The number of carbonyl (C=O) groups excluding carboxylic acids is 4. The Morgan fingerprint density at radius 2 is 0.619 bits per heavy atom. The molecular formula is C106H103Cl12FN10O5. The first-order valence-electron chi connectivity index (χ1n) is 44.6. The van der Waals surface area contributed by atoms with Crippen molar-refractivity contribution in [3.05, 3.63) is 382 Å². The van der Waals surface area contributed by atoms with Gasteiger partial charge in [-0.05, 0) is 336 Å². The van der Waals surface area contributed by atoms with Crippen LogP contribution in [-0.4, -0.2) is 85.7 Å². The van der Waals surface area contributed by atoms with E-state index in [-0.39, 0.29) is 59.4 Å². The lowest BCUT2D eigenvalue weighted by molar-refractivity contribution is 0.0941. The van der Waals surface area contributed by atoms with Crippen LogP contribution in [0.15, 0.2) is 249 Å². The van der Waals surface area contributed by atoms with Gasteiger partial charge in [-0.1, -0.05) is 188 Å². The van der Waals surface area contributed by atoms with E-state index in [1.54, 1.807) is 54.6 Å². The summed E-state index contributed by atoms with van der Waals surface area (Å²) < 4.78 is 15.0. The summed E-state index contributed by atoms with van der Waals surface area (Å²) in [5.74, 6) is 1.08. The van der Waals surface area contributed by atoms with Crippen molar-refractivity contribution in [1.29, 1.82) is 0 Å². The molecule has 4 saturated heterocycles. The maximum absolute atomic E-state index is 13.1. The molecular weight excluding hydrogens is 1940 g/mol. The molecule has 0 spiro atoms. The molecule has 0 radical (unpaired) electrons. The van der Waals surface area contributed by atoms with Gasteiger partial charge in [-0.3, -0.25) is 19.2 Å². The van der Waals surface area contributed by atoms with Gasteiger partial charge in [-0.2, -0.15) is 0 Å². The highest BCUT2D eigenvalue weighted by atomic mass is 35.5. The summed E-state index contributed by atoms with van der Waals surface area (Å²) in [5.41, 5.74) is 13.1. The van der Waals surface area contributed by atoms with Crippen LogP contribution in [0.4, 0.5) is 32.8 Å². The molecule has 16 rings (SSSR count). The summed E-state index contributed by atoms with van der Waals surface area (Å²) in [6.45, 7) is 16.5. The molecule has 0 saturated carbocycles. The van der Waals surface area contributed by atoms with Crippen molar-refractivity contribution in [2.45, 2.75) is 115 Å². The summed E-state index contributed by atoms with van der Waals surface area (Å²) in [6.07, 6.45) is 15.1. The van der Waals surface area contributed by atoms with Gasteiger partial charge >= 0.3 is 0 Å². The summed E-state index contributed by atoms with van der Waals surface area (Å²) in [5, 5.41) is 29.9. The van der Waals surface area contributed by atoms with Gasteiger partial charge in [0.15, 0.2) is 5.69 Å². The van der Waals surface area contributed by atoms with E-state index < -0.39 is 0 Å². The van der Waals surface area contributed by atoms with Crippen LogP contribution in [0.5, 0.6) is 5.75 Å². The van der Waals surface area contributed by atoms with Gasteiger partial charge in [0.1, 0.15) is 11.6 Å². The van der Waals surface area contributed by atoms with Crippen molar-refractivity contribution in [3.63, 3.8) is 0 Å². The molecule has 134 heavy (non-hydrogen) atoms. The predicted octanol–water partition coefficient (Wildman–Crippen LogP) is 30.0. The zero-order valence-corrected chi connectivity index (χ0v) is 83.2. The Bertz CT molecular complexity index is 6030. The number of amides is 4. The highest BCUT2D eigenvalue weighted by Crippen LogP contribution is 2.47. The van der Waals surface area contributed by atoms with E-state index in [0.717, 1.165) is 159 Å². The van der Waals surface area contributed by atoms with Crippen molar-refractivity contribution >= 4 is 191 Å². The highest BCUT2D eigenvalue weighted by molar-refractivity contribution is 6.37. The van der Waals surface area contributed by atoms with Gasteiger partial charge in [0.05, 0.1) is 36.3 Å². The Hall–Kier alpha value is -9.52. The minimum Gasteiger partial charge on any atom is -0.508 e. The van der Waals surface area contributed by atoms with Crippen LogP contribution in [0, 0.1) is 49.9 Å². The van der Waals surface area contributed by atoms with E-state index in [9.17, 15) is 28.7 Å². The van der Waals surface area contributed by atoms with Crippen LogP contribution < -0.4 is 40.9 Å². The fraction of sp³-hybridized carbons (Fsp3) is 0.292. The minimum absolute atomic E-state index is 0.0261. The van der Waals surface area contributed by atoms with Crippen LogP contribution >= 0.6 is 139 Å². The maximum Gasteiger partial charge on any atom is 0.252 e. The Morgan fingerprint density at radius 3 is 0.888 bits per heavy atom. The first-order valence-corrected chi connectivity index (χ1v) is 49.2. The molecule has 5 N–H and O–H groups in total. The predicted molar refractivity (Wildman–Crippen MR) is 553 cm³/mol. The number of piperidine rings is 4. The number of nitrogens with zero attached hydrogens (tertiary/aromatic N) is 6. The van der Waals surface area contributed by atoms with Crippen LogP contribution in [0.1, 0.15) is 176 Å². The fourth-order valence-electron chi connectivity index (χ4n) is 18.4. The molecule has 4 aliphatic heterocycles. The number of phenolic OH excluding ortho intramolecular Hbond substituents is 1. The third kappa shape index (κ3) is 28.1. The van der Waals surface area contributed by atoms with Gasteiger partial charge in [0.2, 0.25) is 0 Å². The summed E-state index contributed by atoms with van der Waals surface area (Å²) in [6, 6.07) is 72.3. The lowest BCUT2D eigenvalue weighted by atomic mass is 9.86. The number of halogens is 13. The summed E-state index contributed by atoms with van der Waals surface area (Å²) >= 11 is 75.4. The van der Waals surface area contributed by atoms with Crippen LogP contribution in [0.2, 0.25) is 60.3 Å². The summed E-state index contributed by atoms with van der Waals surface area (Å²) in [4.78, 5) is 62.9. The molecule has 0 unspecified atom stereocenters. The van der Waals surface area contributed by atoms with E-state index in [0.29, 0.717) is 138 Å². The van der Waals surface area contributed by atoms with Gasteiger partial charge in [-0.25, -0.2) is 9.24 Å². The van der Waals surface area contributed by atoms with Gasteiger partial charge in [-0.15, -0.1) is 0 Å². The molecule has 11 aromatic carbocycles. The molecule has 698 valence electrons. The molecule has 8 atom stereocenters. The third-order valence-corrected chi connectivity index (χ3v) is 28.5. The molecule has 15 nitrogen and oxygen atoms in total. The third-order valence-electron chi connectivity index (χ3n) is 25.2. The zero-order chi connectivity index (χ0) is 95.2. The fourth-order valence-corrected chi connectivity index (χ4v) is 21.0. The molecule has 28 heteroatoms. The van der Waals surface area contributed by atoms with Crippen LogP contribution in [0.3, 0.4) is 0 Å². The van der Waals surface area contributed by atoms with Crippen LogP contribution in [0.25, 0.3) is 4.85 Å². The molecule has 4 aliphatic rings. The number of hydrogen-bond acceptors (Lipinski definition) is 9. The number of benzene rings is 11. The van der Waals surface area contributed by atoms with E-state index in [4.69, 9.17) is 146 Å². The number of rotatable bonds is 24. The van der Waals surface area contributed by atoms with Crippen molar-refractivity contribution in [2.24, 2.45) is 30.7 Å². The number of hydrogen-bond donors (Lipinski definition) is 5. The lowest BCUT2D eigenvalue weighted by Gasteiger charge is -2.42. The standard InChI is InChI=1S/C28H29Cl3N2O2.C27H24Cl3N3O.C26H24Cl3FN2O.C25H26Cl3N3O/c1-17-13-23(34)14-18(2)27(17)28(35)32-12-11-19-3-10-26(24-9-6-21(30)15-25(24)31)33(16-19)22-7-4-20(29)5-8-22;1-31-22-8-3-19(4-9-22)27(34)32-15-14-18-2-13-26(24-12-7-21(29)16-25(24)30)33(17-18)23-10-5-20(28)6-11-23;27-19-4-9-22(10-5-19)32-16-17(1-12-25(32)23-11-6-20(28)15-24(23)29)13-14-31-26(33)18-2-7-21(30)8-3-18;1-30-13-11-18(16-30)25(32)29-12-10-17-2-9-24(22-8-5-20(27)14-23(22)28)31(15-17)21-6-3-19(26)4-7-21/h4-9,13-15,19,26,34H,3,10-12,16H2,1-2H3,(H,32,35);3-12,16,18,26H,2,13-15,17H2,(H,32,34);2-11,15,17,25H,1,12-14,16H2,(H,31,33);3-8,11,13-14,16-17,24H,2,9-10,12,15H2,1H3,(H,29,32)/t19-,26-;18-,26-;17-,25-;17-,24-/m0000/s1. The second kappa shape index (κ2) is 49.0. The molecule has 5 heterocycles. The lowest BCUT2D eigenvalue weighted by Crippen LogP contribution is -2.39. The SMILES string of the molecule is Cc1cc(O)cc(C)c1C(=O)NCC[C@@H]1CC[C@@H](c2ccc(Cl)cc2Cl)N(c2ccc(Cl)cc2)C1.Cn1ccc(C(=O)NCC[C@@H]2CC[C@@H](c3ccc(Cl)cc3Cl)N(c3ccc(Cl)cc3)C2)c1.O=C(NCC[C@@H]1CC[C@@H](c2ccc(Cl)cc2Cl)N(c2ccc(Cl)cc2)C1)c1ccc(F)cc1.[C-]#[N+]c1ccc(C(=O)NCC[C@@H]2CC[C@@H](c3ccc(Cl)cc3Cl)N(c3ccc(Cl)cc3)C2)cc1. The van der Waals surface area contributed by atoms with Gasteiger partial charge in [0.25, 0.3) is 23.6 Å². The van der Waals surface area contributed by atoms with Gasteiger partial charge < -0.3 is 50.5 Å². The Morgan fingerprint density at radius 1 is 0.351 bits per heavy atom. The minimum atomic E-state index is -0.355. The van der Waals surface area contributed by atoms with Crippen molar-refractivity contribution in [3.8, 4) is 5.75 Å². The largest absolute Gasteiger partial charge is 0.508 e. The van der Waals surface area contributed by atoms with Crippen LogP contribution in [-0.2, 0) is 7.05 Å². The Labute approximate surface area is 844 Å². The number of nitrogens with one attached hydrogen (secondary N) is 4. The van der Waals surface area contributed by atoms with E-state index >= 15 is 0 Å². The van der Waals surface area contributed by atoms with E-state index in [2.05, 4.69) is 57.8 Å². The topological polar surface area (TPSA) is 159 Å². The quantitative estimate of drug-likeness (QED) is 0.0371. The number of aromatic hydroxyl groups is 1. The number of anilines is 4.